The molecule has 1 amide bonds. The summed E-state index contributed by atoms with van der Waals surface area (Å²) in [6.07, 6.45) is -2.35. The van der Waals surface area contributed by atoms with E-state index in [-0.39, 0.29) is 29.7 Å². The van der Waals surface area contributed by atoms with Crippen LogP contribution in [-0.2, 0) is 21.0 Å². The molecular formula is C17H19F3N4O3S2. The van der Waals surface area contributed by atoms with Crippen LogP contribution in [-0.4, -0.2) is 49.3 Å². The molecule has 1 unspecified atom stereocenters. The molecule has 3 heterocycles. The summed E-state index contributed by atoms with van der Waals surface area (Å²) in [5.41, 5.74) is -0.893. The van der Waals surface area contributed by atoms with Gasteiger partial charge in [0, 0.05) is 25.8 Å². The molecule has 29 heavy (non-hydrogen) atoms. The van der Waals surface area contributed by atoms with Crippen LogP contribution in [0, 0.1) is 0 Å². The second kappa shape index (κ2) is 8.67. The zero-order valence-electron chi connectivity index (χ0n) is 15.1. The number of sulfonamides is 1. The molecule has 3 rings (SSSR count). The molecule has 7 nitrogen and oxygen atoms in total. The van der Waals surface area contributed by atoms with E-state index in [1.807, 2.05) is 0 Å². The Kier molecular flexibility index (Phi) is 6.44. The molecule has 1 saturated heterocycles. The monoisotopic (exact) mass is 448 g/mol. The SMILES string of the molecule is O=C(NCCNc1ncccc1C(F)(F)F)C1CCCN1S(=O)(=O)c1cccs1. The van der Waals surface area contributed by atoms with Crippen LogP contribution in [0.15, 0.2) is 40.1 Å². The first kappa shape index (κ1) is 21.5. The molecule has 0 spiro atoms. The number of rotatable bonds is 7. The molecule has 0 aliphatic carbocycles. The number of anilines is 1. The van der Waals surface area contributed by atoms with Crippen molar-refractivity contribution in [2.45, 2.75) is 29.3 Å². The highest BCUT2D eigenvalue weighted by Crippen LogP contribution is 2.33. The highest BCUT2D eigenvalue weighted by molar-refractivity contribution is 7.91. The Morgan fingerprint density at radius 2 is 2.07 bits per heavy atom. The molecule has 2 N–H and O–H groups in total. The van der Waals surface area contributed by atoms with Gasteiger partial charge in [-0.1, -0.05) is 6.07 Å². The number of aromatic nitrogens is 1. The van der Waals surface area contributed by atoms with E-state index in [4.69, 9.17) is 0 Å². The summed E-state index contributed by atoms with van der Waals surface area (Å²) in [6, 6.07) is 4.39. The number of carbonyl (C=O) groups excluding carboxylic acids is 1. The normalized spacial score (nSPS) is 18.0. The maximum atomic E-state index is 13.0. The lowest BCUT2D eigenvalue weighted by atomic mass is 10.2. The number of carbonyl (C=O) groups is 1. The Morgan fingerprint density at radius 1 is 1.28 bits per heavy atom. The first-order valence-corrected chi connectivity index (χ1v) is 11.1. The van der Waals surface area contributed by atoms with Crippen LogP contribution in [0.4, 0.5) is 19.0 Å². The predicted octanol–water partition coefficient (Wildman–Crippen LogP) is 2.54. The molecule has 1 aliphatic rings. The van der Waals surface area contributed by atoms with Crippen LogP contribution in [0.3, 0.4) is 0 Å². The standard InChI is InChI=1S/C17H19F3N4O3S2/c18-17(19,20)12-4-1-7-21-15(12)22-8-9-23-16(25)13-5-2-10-24(13)29(26,27)14-6-3-11-28-14/h1,3-4,6-7,11,13H,2,5,8-10H2,(H,21,22)(H,23,25). The Morgan fingerprint density at radius 3 is 2.76 bits per heavy atom. The Labute approximate surface area is 170 Å². The zero-order chi connectivity index (χ0) is 21.1. The summed E-state index contributed by atoms with van der Waals surface area (Å²) >= 11 is 1.08. The van der Waals surface area contributed by atoms with Crippen LogP contribution in [0.2, 0.25) is 0 Å². The number of nitrogens with zero attached hydrogens (tertiary/aromatic N) is 2. The van der Waals surface area contributed by atoms with Crippen molar-refractivity contribution in [3.63, 3.8) is 0 Å². The van der Waals surface area contributed by atoms with Crippen LogP contribution >= 0.6 is 11.3 Å². The zero-order valence-corrected chi connectivity index (χ0v) is 16.8. The number of nitrogens with one attached hydrogen (secondary N) is 2. The summed E-state index contributed by atoms with van der Waals surface area (Å²) in [5.74, 6) is -0.793. The number of halogens is 3. The number of amides is 1. The van der Waals surface area contributed by atoms with E-state index in [0.717, 1.165) is 17.4 Å². The van der Waals surface area contributed by atoms with Gasteiger partial charge in [-0.2, -0.15) is 17.5 Å². The minimum Gasteiger partial charge on any atom is -0.368 e. The second-order valence-corrected chi connectivity index (χ2v) is 9.39. The van der Waals surface area contributed by atoms with E-state index in [1.165, 1.54) is 22.6 Å². The summed E-state index contributed by atoms with van der Waals surface area (Å²) in [4.78, 5) is 16.2. The van der Waals surface area contributed by atoms with Gasteiger partial charge in [0.2, 0.25) is 5.91 Å². The number of thiophene rings is 1. The van der Waals surface area contributed by atoms with E-state index in [1.54, 1.807) is 11.4 Å². The lowest BCUT2D eigenvalue weighted by Gasteiger charge is -2.22. The van der Waals surface area contributed by atoms with Crippen LogP contribution in [0.5, 0.6) is 0 Å². The summed E-state index contributed by atoms with van der Waals surface area (Å²) in [6.45, 7) is 0.284. The maximum Gasteiger partial charge on any atom is 0.419 e. The molecule has 1 fully saturated rings. The summed E-state index contributed by atoms with van der Waals surface area (Å²) in [5, 5.41) is 6.79. The van der Waals surface area contributed by atoms with Gasteiger partial charge in [-0.25, -0.2) is 13.4 Å². The van der Waals surface area contributed by atoms with Crippen molar-refractivity contribution in [2.75, 3.05) is 25.0 Å². The van der Waals surface area contributed by atoms with Crippen LogP contribution in [0.1, 0.15) is 18.4 Å². The van der Waals surface area contributed by atoms with Gasteiger partial charge in [0.05, 0.1) is 5.56 Å². The van der Waals surface area contributed by atoms with Crippen molar-refractivity contribution in [2.24, 2.45) is 0 Å². The van der Waals surface area contributed by atoms with Crippen molar-refractivity contribution in [1.82, 2.24) is 14.6 Å². The number of pyridine rings is 1. The van der Waals surface area contributed by atoms with Gasteiger partial charge in [0.1, 0.15) is 16.1 Å². The molecule has 1 aliphatic heterocycles. The van der Waals surface area contributed by atoms with Gasteiger partial charge in [0.25, 0.3) is 10.0 Å². The lowest BCUT2D eigenvalue weighted by molar-refractivity contribution is -0.137. The predicted molar refractivity (Wildman–Crippen MR) is 102 cm³/mol. The minimum atomic E-state index is -4.54. The topological polar surface area (TPSA) is 91.4 Å². The van der Waals surface area contributed by atoms with Gasteiger partial charge in [-0.3, -0.25) is 4.79 Å². The second-order valence-electron chi connectivity index (χ2n) is 6.32. The Hall–Kier alpha value is -2.18. The molecule has 0 aromatic carbocycles. The van der Waals surface area contributed by atoms with Crippen molar-refractivity contribution in [3.05, 3.63) is 41.4 Å². The molecular weight excluding hydrogens is 429 g/mol. The molecule has 0 radical (unpaired) electrons. The van der Waals surface area contributed by atoms with E-state index >= 15 is 0 Å². The maximum absolute atomic E-state index is 13.0. The fraction of sp³-hybridized carbons (Fsp3) is 0.412. The van der Waals surface area contributed by atoms with E-state index in [9.17, 15) is 26.4 Å². The smallest absolute Gasteiger partial charge is 0.368 e. The summed E-state index contributed by atoms with van der Waals surface area (Å²) < 4.78 is 65.6. The third-order valence-electron chi connectivity index (χ3n) is 4.39. The molecule has 1 atom stereocenters. The lowest BCUT2D eigenvalue weighted by Crippen LogP contribution is -2.46. The van der Waals surface area contributed by atoms with Crippen molar-refractivity contribution in [3.8, 4) is 0 Å². The largest absolute Gasteiger partial charge is 0.419 e. The quantitative estimate of drug-likeness (QED) is 0.636. The summed E-state index contributed by atoms with van der Waals surface area (Å²) in [7, 11) is -3.74. The van der Waals surface area contributed by atoms with E-state index < -0.39 is 33.7 Å². The van der Waals surface area contributed by atoms with Crippen LogP contribution in [0.25, 0.3) is 0 Å². The molecule has 2 aromatic heterocycles. The molecule has 0 bridgehead atoms. The van der Waals surface area contributed by atoms with Gasteiger partial charge in [-0.15, -0.1) is 11.3 Å². The fourth-order valence-electron chi connectivity index (χ4n) is 3.08. The van der Waals surface area contributed by atoms with E-state index in [2.05, 4.69) is 15.6 Å². The van der Waals surface area contributed by atoms with Crippen molar-refractivity contribution >= 4 is 33.1 Å². The number of hydrogen-bond donors (Lipinski definition) is 2. The van der Waals surface area contributed by atoms with Crippen molar-refractivity contribution in [1.29, 1.82) is 0 Å². The highest BCUT2D eigenvalue weighted by Gasteiger charge is 2.39. The Bertz CT molecular complexity index is 949. The van der Waals surface area contributed by atoms with Crippen molar-refractivity contribution < 1.29 is 26.4 Å². The first-order valence-electron chi connectivity index (χ1n) is 8.80. The molecule has 0 saturated carbocycles. The van der Waals surface area contributed by atoms with Gasteiger partial charge in [0.15, 0.2) is 0 Å². The number of hydrogen-bond acceptors (Lipinski definition) is 6. The minimum absolute atomic E-state index is 0.0101. The third kappa shape index (κ3) is 4.87. The van der Waals surface area contributed by atoms with Gasteiger partial charge in [-0.05, 0) is 36.4 Å². The average Bonchev–Trinajstić information content (AvgIpc) is 3.37. The molecule has 12 heteroatoms. The third-order valence-corrected chi connectivity index (χ3v) is 7.68. The number of alkyl halides is 3. The molecule has 2 aromatic rings. The highest BCUT2D eigenvalue weighted by atomic mass is 32.2. The first-order chi connectivity index (χ1) is 13.7. The van der Waals surface area contributed by atoms with Gasteiger partial charge < -0.3 is 10.6 Å². The average molecular weight is 448 g/mol. The molecule has 158 valence electrons. The van der Waals surface area contributed by atoms with E-state index in [0.29, 0.717) is 12.8 Å². The van der Waals surface area contributed by atoms with Gasteiger partial charge >= 0.3 is 6.18 Å². The Balaban J connectivity index is 1.56. The fourth-order valence-corrected chi connectivity index (χ4v) is 5.85. The van der Waals surface area contributed by atoms with Crippen LogP contribution < -0.4 is 10.6 Å².